The fourth-order valence-electron chi connectivity index (χ4n) is 3.96. The topological polar surface area (TPSA) is 66.7 Å². The van der Waals surface area contributed by atoms with Crippen molar-refractivity contribution in [2.45, 2.75) is 11.8 Å². The average Bonchev–Trinajstić information content (AvgIpc) is 3.12. The lowest BCUT2D eigenvalue weighted by Gasteiger charge is -2.35. The number of anilines is 1. The molecule has 1 aliphatic rings. The first-order chi connectivity index (χ1) is 14.0. The molecule has 7 heteroatoms. The van der Waals surface area contributed by atoms with Gasteiger partial charge in [-0.1, -0.05) is 24.3 Å². The van der Waals surface area contributed by atoms with Gasteiger partial charge in [0.1, 0.15) is 17.0 Å². The van der Waals surface area contributed by atoms with Gasteiger partial charge in [-0.25, -0.2) is 13.4 Å². The first-order valence-electron chi connectivity index (χ1n) is 9.62. The van der Waals surface area contributed by atoms with Crippen molar-refractivity contribution in [2.24, 2.45) is 0 Å². The lowest BCUT2D eigenvalue weighted by Crippen LogP contribution is -2.49. The summed E-state index contributed by atoms with van der Waals surface area (Å²) in [6.45, 7) is 4.11. The van der Waals surface area contributed by atoms with E-state index in [0.29, 0.717) is 31.8 Å². The third kappa shape index (κ3) is 3.07. The molecule has 29 heavy (non-hydrogen) atoms. The highest BCUT2D eigenvalue weighted by Crippen LogP contribution is 2.31. The lowest BCUT2D eigenvalue weighted by atomic mass is 10.2. The van der Waals surface area contributed by atoms with Gasteiger partial charge in [0.15, 0.2) is 0 Å². The number of hydrogen-bond donors (Lipinski definition) is 0. The molecule has 0 unspecified atom stereocenters. The van der Waals surface area contributed by atoms with Crippen molar-refractivity contribution >= 4 is 37.8 Å². The summed E-state index contributed by atoms with van der Waals surface area (Å²) < 4.78 is 33.8. The van der Waals surface area contributed by atoms with E-state index in [1.54, 1.807) is 22.6 Å². The smallest absolute Gasteiger partial charge is 0.243 e. The third-order valence-corrected chi connectivity index (χ3v) is 7.40. The number of pyridine rings is 1. The van der Waals surface area contributed by atoms with Crippen LogP contribution < -0.4 is 4.90 Å². The van der Waals surface area contributed by atoms with Crippen molar-refractivity contribution in [3.8, 4) is 0 Å². The Morgan fingerprint density at radius 3 is 2.45 bits per heavy atom. The van der Waals surface area contributed by atoms with Gasteiger partial charge in [0.2, 0.25) is 10.0 Å². The SMILES string of the molecule is Cc1cccnc1N1CCN(S(=O)(=O)c2ccc3c(c2)oc2ccccc23)CC1. The normalized spacial score (nSPS) is 16.0. The van der Waals surface area contributed by atoms with Gasteiger partial charge in [0, 0.05) is 49.2 Å². The minimum absolute atomic E-state index is 0.270. The zero-order valence-corrected chi connectivity index (χ0v) is 16.9. The fraction of sp³-hybridized carbons (Fsp3) is 0.227. The van der Waals surface area contributed by atoms with Crippen molar-refractivity contribution in [3.05, 3.63) is 66.4 Å². The molecule has 1 saturated heterocycles. The molecule has 1 aliphatic heterocycles. The van der Waals surface area contributed by atoms with E-state index in [2.05, 4.69) is 9.88 Å². The summed E-state index contributed by atoms with van der Waals surface area (Å²) in [7, 11) is -3.58. The van der Waals surface area contributed by atoms with Crippen LogP contribution in [-0.4, -0.2) is 43.9 Å². The predicted molar refractivity (Wildman–Crippen MR) is 114 cm³/mol. The van der Waals surface area contributed by atoms with Crippen LogP contribution in [0.3, 0.4) is 0 Å². The van der Waals surface area contributed by atoms with Crippen LogP contribution >= 0.6 is 0 Å². The van der Waals surface area contributed by atoms with Gasteiger partial charge in [0.05, 0.1) is 4.90 Å². The average molecular weight is 407 g/mol. The van der Waals surface area contributed by atoms with Gasteiger partial charge in [-0.15, -0.1) is 0 Å². The molecule has 2 aromatic heterocycles. The Bertz CT molecular complexity index is 1310. The molecule has 0 amide bonds. The Labute approximate surface area is 169 Å². The van der Waals surface area contributed by atoms with Crippen LogP contribution in [0.15, 0.2) is 70.1 Å². The van der Waals surface area contributed by atoms with E-state index in [1.807, 2.05) is 49.4 Å². The maximum absolute atomic E-state index is 13.2. The molecule has 0 bridgehead atoms. The minimum Gasteiger partial charge on any atom is -0.456 e. The van der Waals surface area contributed by atoms with E-state index in [-0.39, 0.29) is 4.90 Å². The zero-order chi connectivity index (χ0) is 20.0. The largest absolute Gasteiger partial charge is 0.456 e. The second-order valence-corrected chi connectivity index (χ2v) is 9.23. The zero-order valence-electron chi connectivity index (χ0n) is 16.1. The maximum atomic E-state index is 13.2. The number of sulfonamides is 1. The maximum Gasteiger partial charge on any atom is 0.243 e. The summed E-state index contributed by atoms with van der Waals surface area (Å²) >= 11 is 0. The number of aromatic nitrogens is 1. The first-order valence-corrected chi connectivity index (χ1v) is 11.1. The van der Waals surface area contributed by atoms with E-state index in [0.717, 1.165) is 27.7 Å². The van der Waals surface area contributed by atoms with E-state index < -0.39 is 10.0 Å². The first kappa shape index (κ1) is 18.1. The molecule has 6 nitrogen and oxygen atoms in total. The third-order valence-electron chi connectivity index (χ3n) is 5.51. The minimum atomic E-state index is -3.58. The molecule has 4 aromatic rings. The highest BCUT2D eigenvalue weighted by molar-refractivity contribution is 7.89. The van der Waals surface area contributed by atoms with Crippen LogP contribution in [0, 0.1) is 6.92 Å². The number of fused-ring (bicyclic) bond motifs is 3. The molecule has 0 saturated carbocycles. The molecule has 0 aliphatic carbocycles. The number of para-hydroxylation sites is 1. The summed E-state index contributed by atoms with van der Waals surface area (Å²) in [5.74, 6) is 0.924. The molecule has 0 N–H and O–H groups in total. The Hall–Kier alpha value is -2.90. The molecule has 3 heterocycles. The van der Waals surface area contributed by atoms with Gasteiger partial charge in [-0.05, 0) is 36.8 Å². The number of piperazine rings is 1. The molecular formula is C22H21N3O3S. The van der Waals surface area contributed by atoms with Crippen LogP contribution in [0.4, 0.5) is 5.82 Å². The van der Waals surface area contributed by atoms with Crippen molar-refractivity contribution in [1.29, 1.82) is 0 Å². The summed E-state index contributed by atoms with van der Waals surface area (Å²) in [4.78, 5) is 6.86. The van der Waals surface area contributed by atoms with Gasteiger partial charge in [0.25, 0.3) is 0 Å². The summed E-state index contributed by atoms with van der Waals surface area (Å²) in [6.07, 6.45) is 1.77. The molecule has 0 spiro atoms. The molecule has 148 valence electrons. The summed E-state index contributed by atoms with van der Waals surface area (Å²) in [5, 5.41) is 1.92. The number of aryl methyl sites for hydroxylation is 1. The van der Waals surface area contributed by atoms with Crippen LogP contribution in [0.5, 0.6) is 0 Å². The quantitative estimate of drug-likeness (QED) is 0.517. The summed E-state index contributed by atoms with van der Waals surface area (Å²) in [6, 6.07) is 16.8. The van der Waals surface area contributed by atoms with Crippen molar-refractivity contribution < 1.29 is 12.8 Å². The van der Waals surface area contributed by atoms with Crippen molar-refractivity contribution in [2.75, 3.05) is 31.1 Å². The standard InChI is InChI=1S/C22H21N3O3S/c1-16-5-4-10-23-22(16)24-11-13-25(14-12-24)29(26,27)17-8-9-19-18-6-2-3-7-20(18)28-21(19)15-17/h2-10,15H,11-14H2,1H3. The van der Waals surface area contributed by atoms with E-state index in [4.69, 9.17) is 4.42 Å². The van der Waals surface area contributed by atoms with Crippen LogP contribution in [-0.2, 0) is 10.0 Å². The summed E-state index contributed by atoms with van der Waals surface area (Å²) in [5.41, 5.74) is 2.45. The Balaban J connectivity index is 1.41. The Morgan fingerprint density at radius 1 is 0.897 bits per heavy atom. The molecule has 2 aromatic carbocycles. The highest BCUT2D eigenvalue weighted by Gasteiger charge is 2.29. The Kier molecular flexibility index (Phi) is 4.29. The predicted octanol–water partition coefficient (Wildman–Crippen LogP) is 3.80. The van der Waals surface area contributed by atoms with Gasteiger partial charge in [-0.3, -0.25) is 0 Å². The van der Waals surface area contributed by atoms with Crippen molar-refractivity contribution in [3.63, 3.8) is 0 Å². The molecule has 0 radical (unpaired) electrons. The van der Waals surface area contributed by atoms with Crippen LogP contribution in [0.25, 0.3) is 21.9 Å². The molecule has 5 rings (SSSR count). The molecule has 1 fully saturated rings. The van der Waals surface area contributed by atoms with Crippen LogP contribution in [0.2, 0.25) is 0 Å². The fourth-order valence-corrected chi connectivity index (χ4v) is 5.40. The van der Waals surface area contributed by atoms with Gasteiger partial charge in [-0.2, -0.15) is 4.31 Å². The van der Waals surface area contributed by atoms with Crippen LogP contribution in [0.1, 0.15) is 5.56 Å². The number of furan rings is 1. The van der Waals surface area contributed by atoms with Gasteiger partial charge >= 0.3 is 0 Å². The monoisotopic (exact) mass is 407 g/mol. The van der Waals surface area contributed by atoms with Crippen molar-refractivity contribution in [1.82, 2.24) is 9.29 Å². The van der Waals surface area contributed by atoms with E-state index in [9.17, 15) is 8.42 Å². The second kappa shape index (κ2) is 6.86. The Morgan fingerprint density at radius 2 is 1.66 bits per heavy atom. The van der Waals surface area contributed by atoms with E-state index in [1.165, 1.54) is 0 Å². The second-order valence-electron chi connectivity index (χ2n) is 7.29. The van der Waals surface area contributed by atoms with E-state index >= 15 is 0 Å². The number of benzene rings is 2. The highest BCUT2D eigenvalue weighted by atomic mass is 32.2. The molecule has 0 atom stereocenters. The number of rotatable bonds is 3. The van der Waals surface area contributed by atoms with Gasteiger partial charge < -0.3 is 9.32 Å². The molecular weight excluding hydrogens is 386 g/mol. The lowest BCUT2D eigenvalue weighted by molar-refractivity contribution is 0.383. The number of hydrogen-bond acceptors (Lipinski definition) is 5. The number of nitrogens with zero attached hydrogens (tertiary/aromatic N) is 3.